The average molecular weight is 321 g/mol. The second kappa shape index (κ2) is 7.89. The topological polar surface area (TPSA) is 70.2 Å². The third-order valence-corrected chi connectivity index (χ3v) is 3.24. The van der Waals surface area contributed by atoms with Gasteiger partial charge in [0.1, 0.15) is 0 Å². The molecule has 1 aromatic carbocycles. The van der Waals surface area contributed by atoms with E-state index in [-0.39, 0.29) is 22.3 Å². The number of hydrazine groups is 1. The highest BCUT2D eigenvalue weighted by atomic mass is 32.1. The molecular weight excluding hydrogens is 298 g/mol. The maximum Gasteiger partial charge on any atom is 0.257 e. The van der Waals surface area contributed by atoms with Gasteiger partial charge in [0.2, 0.25) is 5.91 Å². The Hall–Kier alpha value is -1.95. The number of hydrogen-bond acceptors (Lipinski definition) is 3. The van der Waals surface area contributed by atoms with Gasteiger partial charge in [-0.05, 0) is 41.7 Å². The van der Waals surface area contributed by atoms with Crippen LogP contribution in [0.1, 0.15) is 56.5 Å². The zero-order valence-corrected chi connectivity index (χ0v) is 14.3. The lowest BCUT2D eigenvalue weighted by atomic mass is 9.87. The first-order chi connectivity index (χ1) is 10.2. The predicted molar refractivity (Wildman–Crippen MR) is 91.4 cm³/mol. The van der Waals surface area contributed by atoms with E-state index in [2.05, 4.69) is 36.9 Å². The maximum absolute atomic E-state index is 12.0. The lowest BCUT2D eigenvalue weighted by Crippen LogP contribution is -2.48. The lowest BCUT2D eigenvalue weighted by Gasteiger charge is -2.19. The minimum Gasteiger partial charge on any atom is -0.298 e. The summed E-state index contributed by atoms with van der Waals surface area (Å²) < 4.78 is 0. The highest BCUT2D eigenvalue weighted by molar-refractivity contribution is 7.80. The number of amides is 2. The third-order valence-electron chi connectivity index (χ3n) is 3.03. The summed E-state index contributed by atoms with van der Waals surface area (Å²) in [5, 5.41) is 2.58. The van der Waals surface area contributed by atoms with E-state index in [1.807, 2.05) is 19.1 Å². The molecule has 0 saturated heterocycles. The summed E-state index contributed by atoms with van der Waals surface area (Å²) in [4.78, 5) is 23.3. The number of benzene rings is 1. The van der Waals surface area contributed by atoms with Crippen molar-refractivity contribution in [3.05, 3.63) is 35.4 Å². The van der Waals surface area contributed by atoms with E-state index in [1.54, 1.807) is 12.1 Å². The highest BCUT2D eigenvalue weighted by Gasteiger charge is 2.14. The van der Waals surface area contributed by atoms with Crippen LogP contribution in [0.25, 0.3) is 0 Å². The maximum atomic E-state index is 12.0. The number of carbonyl (C=O) groups excluding carboxylic acids is 2. The first-order valence-corrected chi connectivity index (χ1v) is 7.65. The molecule has 0 fully saturated rings. The molecule has 2 amide bonds. The van der Waals surface area contributed by atoms with Gasteiger partial charge in [-0.25, -0.2) is 0 Å². The molecule has 3 N–H and O–H groups in total. The Morgan fingerprint density at radius 3 is 2.18 bits per heavy atom. The van der Waals surface area contributed by atoms with Crippen LogP contribution < -0.4 is 16.2 Å². The molecule has 0 spiro atoms. The van der Waals surface area contributed by atoms with E-state index >= 15 is 0 Å². The van der Waals surface area contributed by atoms with Crippen LogP contribution >= 0.6 is 12.2 Å². The van der Waals surface area contributed by atoms with E-state index in [0.717, 1.165) is 12.0 Å². The summed E-state index contributed by atoms with van der Waals surface area (Å²) in [6.07, 6.45) is 1.14. The van der Waals surface area contributed by atoms with Crippen LogP contribution in [0.3, 0.4) is 0 Å². The summed E-state index contributed by atoms with van der Waals surface area (Å²) in [5.74, 6) is -0.490. The van der Waals surface area contributed by atoms with E-state index in [4.69, 9.17) is 12.2 Å². The van der Waals surface area contributed by atoms with Crippen molar-refractivity contribution in [2.75, 3.05) is 0 Å². The fourth-order valence-electron chi connectivity index (χ4n) is 1.74. The van der Waals surface area contributed by atoms with E-state index < -0.39 is 0 Å². The largest absolute Gasteiger partial charge is 0.298 e. The number of carbonyl (C=O) groups is 2. The molecule has 1 rings (SSSR count). The molecule has 22 heavy (non-hydrogen) atoms. The van der Waals surface area contributed by atoms with Crippen molar-refractivity contribution in [2.24, 2.45) is 0 Å². The van der Waals surface area contributed by atoms with Gasteiger partial charge in [0.15, 0.2) is 5.11 Å². The van der Waals surface area contributed by atoms with Crippen LogP contribution in [0.15, 0.2) is 24.3 Å². The molecule has 0 aliphatic carbocycles. The van der Waals surface area contributed by atoms with E-state index in [0.29, 0.717) is 12.0 Å². The van der Waals surface area contributed by atoms with Gasteiger partial charge in [-0.2, -0.15) is 0 Å². The van der Waals surface area contributed by atoms with Crippen LogP contribution in [-0.2, 0) is 10.2 Å². The van der Waals surface area contributed by atoms with E-state index in [1.165, 1.54) is 0 Å². The molecular formula is C16H23N3O2S. The Morgan fingerprint density at radius 1 is 1.09 bits per heavy atom. The van der Waals surface area contributed by atoms with Gasteiger partial charge in [-0.15, -0.1) is 0 Å². The summed E-state index contributed by atoms with van der Waals surface area (Å²) in [6, 6.07) is 7.37. The Bertz CT molecular complexity index is 548. The zero-order valence-electron chi connectivity index (χ0n) is 13.4. The monoisotopic (exact) mass is 321 g/mol. The molecule has 0 atom stereocenters. The normalized spacial score (nSPS) is 10.7. The smallest absolute Gasteiger partial charge is 0.257 e. The molecule has 0 aliphatic rings. The predicted octanol–water partition coefficient (Wildman–Crippen LogP) is 2.42. The molecule has 120 valence electrons. The minimum atomic E-state index is -0.317. The molecule has 0 bridgehead atoms. The van der Waals surface area contributed by atoms with Gasteiger partial charge in [-0.3, -0.25) is 25.8 Å². The molecule has 0 aromatic heterocycles. The van der Waals surface area contributed by atoms with Crippen LogP contribution in [-0.4, -0.2) is 16.9 Å². The van der Waals surface area contributed by atoms with Crippen LogP contribution in [0.5, 0.6) is 0 Å². The number of thiocarbonyl (C=S) groups is 1. The standard InChI is InChI=1S/C16H23N3O2S/c1-5-6-13(20)18-19-15(22)17-14(21)11-7-9-12(10-8-11)16(2,3)4/h7-10H,5-6H2,1-4H3,(H,18,20)(H2,17,19,21,22). The highest BCUT2D eigenvalue weighted by Crippen LogP contribution is 2.22. The van der Waals surface area contributed by atoms with Gasteiger partial charge in [-0.1, -0.05) is 39.8 Å². The number of rotatable bonds is 3. The first kappa shape index (κ1) is 18.1. The molecule has 0 saturated carbocycles. The SMILES string of the molecule is CCCC(=O)NNC(=S)NC(=O)c1ccc(C(C)(C)C)cc1. The van der Waals surface area contributed by atoms with Crippen molar-refractivity contribution in [3.63, 3.8) is 0 Å². The van der Waals surface area contributed by atoms with Crippen molar-refractivity contribution >= 4 is 29.1 Å². The lowest BCUT2D eigenvalue weighted by molar-refractivity contribution is -0.121. The Labute approximate surface area is 136 Å². The summed E-state index contributed by atoms with van der Waals surface area (Å²) >= 11 is 4.96. The van der Waals surface area contributed by atoms with Crippen molar-refractivity contribution in [1.82, 2.24) is 16.2 Å². The third kappa shape index (κ3) is 5.81. The van der Waals surface area contributed by atoms with Crippen LogP contribution in [0.4, 0.5) is 0 Å². The van der Waals surface area contributed by atoms with Crippen LogP contribution in [0, 0.1) is 0 Å². The van der Waals surface area contributed by atoms with Gasteiger partial charge >= 0.3 is 0 Å². The second-order valence-electron chi connectivity index (χ2n) is 6.03. The van der Waals surface area contributed by atoms with Gasteiger partial charge in [0.05, 0.1) is 0 Å². The van der Waals surface area contributed by atoms with Crippen molar-refractivity contribution in [3.8, 4) is 0 Å². The van der Waals surface area contributed by atoms with Crippen LogP contribution in [0.2, 0.25) is 0 Å². The fourth-order valence-corrected chi connectivity index (χ4v) is 1.89. The average Bonchev–Trinajstić information content (AvgIpc) is 2.44. The molecule has 1 aromatic rings. The minimum absolute atomic E-state index is 0.0371. The van der Waals surface area contributed by atoms with Gasteiger partial charge < -0.3 is 0 Å². The first-order valence-electron chi connectivity index (χ1n) is 7.24. The molecule has 0 heterocycles. The Morgan fingerprint density at radius 2 is 1.68 bits per heavy atom. The zero-order chi connectivity index (χ0) is 16.8. The van der Waals surface area contributed by atoms with Gasteiger partial charge in [0, 0.05) is 12.0 Å². The Kier molecular flexibility index (Phi) is 6.49. The summed E-state index contributed by atoms with van der Waals surface area (Å²) in [5.41, 5.74) is 6.63. The molecule has 5 nitrogen and oxygen atoms in total. The number of hydrogen-bond donors (Lipinski definition) is 3. The fraction of sp³-hybridized carbons (Fsp3) is 0.438. The molecule has 0 aliphatic heterocycles. The summed E-state index contributed by atoms with van der Waals surface area (Å²) in [6.45, 7) is 8.24. The quantitative estimate of drug-likeness (QED) is 0.591. The van der Waals surface area contributed by atoms with E-state index in [9.17, 15) is 9.59 Å². The number of nitrogens with one attached hydrogen (secondary N) is 3. The van der Waals surface area contributed by atoms with Crippen molar-refractivity contribution in [2.45, 2.75) is 46.0 Å². The van der Waals surface area contributed by atoms with Crippen molar-refractivity contribution < 1.29 is 9.59 Å². The molecule has 6 heteroatoms. The second-order valence-corrected chi connectivity index (χ2v) is 6.44. The molecule has 0 unspecified atom stereocenters. The molecule has 0 radical (unpaired) electrons. The van der Waals surface area contributed by atoms with Crippen molar-refractivity contribution in [1.29, 1.82) is 0 Å². The van der Waals surface area contributed by atoms with Gasteiger partial charge in [0.25, 0.3) is 5.91 Å². The Balaban J connectivity index is 2.54. The summed E-state index contributed by atoms with van der Waals surface area (Å²) in [7, 11) is 0.